The van der Waals surface area contributed by atoms with Gasteiger partial charge >= 0.3 is 0 Å². The average Bonchev–Trinajstić information content (AvgIpc) is 3.50. The fourth-order valence-corrected chi connectivity index (χ4v) is 4.35. The average molecular weight is 458 g/mol. The smallest absolute Gasteiger partial charge is 0.238 e. The van der Waals surface area contributed by atoms with Gasteiger partial charge in [-0.1, -0.05) is 30.3 Å². The lowest BCUT2D eigenvalue weighted by molar-refractivity contribution is -0.132. The van der Waals surface area contributed by atoms with Crippen LogP contribution in [0.15, 0.2) is 55.0 Å². The third kappa shape index (κ3) is 4.16. The van der Waals surface area contributed by atoms with Gasteiger partial charge in [0.05, 0.1) is 25.0 Å². The molecule has 0 saturated carbocycles. The number of rotatable bonds is 6. The van der Waals surface area contributed by atoms with Crippen LogP contribution in [0.1, 0.15) is 35.8 Å². The summed E-state index contributed by atoms with van der Waals surface area (Å²) in [5, 5.41) is 4.68. The maximum atomic E-state index is 13.3. The van der Waals surface area contributed by atoms with Crippen LogP contribution < -0.4 is 4.74 Å². The van der Waals surface area contributed by atoms with Crippen molar-refractivity contribution in [2.24, 2.45) is 0 Å². The summed E-state index contributed by atoms with van der Waals surface area (Å²) in [5.74, 6) is 1.38. The summed E-state index contributed by atoms with van der Waals surface area (Å²) >= 11 is 0. The molecule has 4 heterocycles. The zero-order valence-corrected chi connectivity index (χ0v) is 19.5. The molecule has 4 aromatic rings. The predicted octanol–water partition coefficient (Wildman–Crippen LogP) is 3.38. The number of carbonyl (C=O) groups excluding carboxylic acids is 1. The van der Waals surface area contributed by atoms with E-state index in [1.807, 2.05) is 71.9 Å². The lowest BCUT2D eigenvalue weighted by Crippen LogP contribution is -2.34. The van der Waals surface area contributed by atoms with E-state index in [1.165, 1.54) is 0 Å². The van der Waals surface area contributed by atoms with Gasteiger partial charge in [-0.2, -0.15) is 0 Å². The fraction of sp³-hybridized carbons (Fsp3) is 0.320. The van der Waals surface area contributed by atoms with Crippen LogP contribution in [-0.2, 0) is 17.9 Å². The molecule has 9 nitrogen and oxygen atoms in total. The van der Waals surface area contributed by atoms with Gasteiger partial charge in [0.1, 0.15) is 17.2 Å². The summed E-state index contributed by atoms with van der Waals surface area (Å²) in [6.07, 6.45) is 5.27. The molecule has 9 heteroatoms. The number of nitrogens with zero attached hydrogens (tertiary/aromatic N) is 7. The topological polar surface area (TPSA) is 91.0 Å². The number of benzene rings is 1. The molecular formula is C25H27N7O2. The molecule has 1 aliphatic heterocycles. The highest BCUT2D eigenvalue weighted by Crippen LogP contribution is 2.31. The van der Waals surface area contributed by atoms with Crippen molar-refractivity contribution >= 4 is 5.91 Å². The van der Waals surface area contributed by atoms with Gasteiger partial charge in [0.25, 0.3) is 0 Å². The molecule has 1 atom stereocenters. The van der Waals surface area contributed by atoms with Crippen molar-refractivity contribution in [3.63, 3.8) is 0 Å². The van der Waals surface area contributed by atoms with Crippen molar-refractivity contribution in [1.29, 1.82) is 0 Å². The molecule has 1 aliphatic rings. The molecule has 3 aromatic heterocycles. The number of likely N-dealkylation sites (N-methyl/N-ethyl adjacent to an activating group) is 1. The molecule has 174 valence electrons. The van der Waals surface area contributed by atoms with Crippen LogP contribution in [0.5, 0.6) is 5.88 Å². The van der Waals surface area contributed by atoms with E-state index in [2.05, 4.69) is 15.1 Å². The summed E-state index contributed by atoms with van der Waals surface area (Å²) in [5.41, 5.74) is 3.39. The van der Waals surface area contributed by atoms with Gasteiger partial charge in [0.15, 0.2) is 5.82 Å². The summed E-state index contributed by atoms with van der Waals surface area (Å²) in [4.78, 5) is 28.8. The first-order valence-corrected chi connectivity index (χ1v) is 11.3. The van der Waals surface area contributed by atoms with Crippen molar-refractivity contribution in [2.45, 2.75) is 38.8 Å². The van der Waals surface area contributed by atoms with Crippen molar-refractivity contribution in [3.05, 3.63) is 72.1 Å². The molecule has 1 amide bonds. The summed E-state index contributed by atoms with van der Waals surface area (Å²) in [6.45, 7) is 3.22. The van der Waals surface area contributed by atoms with Gasteiger partial charge in [-0.15, -0.1) is 5.10 Å². The van der Waals surface area contributed by atoms with E-state index < -0.39 is 0 Å². The van der Waals surface area contributed by atoms with Crippen LogP contribution in [0, 0.1) is 6.92 Å². The second-order valence-corrected chi connectivity index (χ2v) is 8.54. The number of pyridine rings is 1. The monoisotopic (exact) mass is 457 g/mol. The Balaban J connectivity index is 1.41. The first-order chi connectivity index (χ1) is 16.5. The van der Waals surface area contributed by atoms with E-state index in [0.29, 0.717) is 29.8 Å². The lowest BCUT2D eigenvalue weighted by atomic mass is 9.97. The first-order valence-electron chi connectivity index (χ1n) is 11.3. The minimum Gasteiger partial charge on any atom is -0.479 e. The number of amides is 1. The number of ether oxygens (including phenoxy) is 1. The molecule has 0 aliphatic carbocycles. The van der Waals surface area contributed by atoms with Crippen molar-refractivity contribution in [3.8, 4) is 23.1 Å². The van der Waals surface area contributed by atoms with Crippen molar-refractivity contribution in [2.75, 3.05) is 14.2 Å². The van der Waals surface area contributed by atoms with E-state index >= 15 is 0 Å². The quantitative estimate of drug-likeness (QED) is 0.441. The molecular weight excluding hydrogens is 430 g/mol. The second-order valence-electron chi connectivity index (χ2n) is 8.54. The third-order valence-electron chi connectivity index (χ3n) is 6.06. The Morgan fingerprint density at radius 3 is 2.74 bits per heavy atom. The molecule has 0 N–H and O–H groups in total. The molecule has 0 bridgehead atoms. The van der Waals surface area contributed by atoms with E-state index in [9.17, 15) is 4.79 Å². The Bertz CT molecular complexity index is 1310. The molecule has 0 unspecified atom stereocenters. The number of methoxy groups -OCH3 is 1. The zero-order chi connectivity index (χ0) is 23.7. The Kier molecular flexibility index (Phi) is 5.83. The number of hydrogen-bond acceptors (Lipinski definition) is 6. The molecule has 0 fully saturated rings. The highest BCUT2D eigenvalue weighted by Gasteiger charge is 2.32. The predicted molar refractivity (Wildman–Crippen MR) is 127 cm³/mol. The summed E-state index contributed by atoms with van der Waals surface area (Å²) < 4.78 is 9.25. The molecule has 0 radical (unpaired) electrons. The van der Waals surface area contributed by atoms with Crippen LogP contribution in [-0.4, -0.2) is 54.3 Å². The zero-order valence-electron chi connectivity index (χ0n) is 19.5. The third-order valence-corrected chi connectivity index (χ3v) is 6.06. The van der Waals surface area contributed by atoms with Crippen LogP contribution >= 0.6 is 0 Å². The number of aryl methyl sites for hydroxylation is 2. The highest BCUT2D eigenvalue weighted by atomic mass is 16.5. The second kappa shape index (κ2) is 9.09. The maximum absolute atomic E-state index is 13.3. The molecule has 5 rings (SSSR count). The van der Waals surface area contributed by atoms with Gasteiger partial charge in [-0.3, -0.25) is 4.79 Å². The van der Waals surface area contributed by atoms with Gasteiger partial charge in [0.2, 0.25) is 11.8 Å². The largest absolute Gasteiger partial charge is 0.479 e. The van der Waals surface area contributed by atoms with Gasteiger partial charge < -0.3 is 14.2 Å². The minimum absolute atomic E-state index is 0.0557. The van der Waals surface area contributed by atoms with Crippen LogP contribution in [0.2, 0.25) is 0 Å². The summed E-state index contributed by atoms with van der Waals surface area (Å²) in [7, 11) is 3.43. The minimum atomic E-state index is -0.321. The SMILES string of the molecule is COc1nc(-c2nc3n(n2)CCC[C@H]3C(=O)N(C)Cc2ccccc2)ccc1-n1cnc(C)c1. The van der Waals surface area contributed by atoms with Crippen LogP contribution in [0.25, 0.3) is 17.2 Å². The van der Waals surface area contributed by atoms with E-state index in [4.69, 9.17) is 9.72 Å². The van der Waals surface area contributed by atoms with E-state index in [0.717, 1.165) is 36.3 Å². The van der Waals surface area contributed by atoms with Crippen LogP contribution in [0.4, 0.5) is 0 Å². The summed E-state index contributed by atoms with van der Waals surface area (Å²) in [6, 6.07) is 13.8. The van der Waals surface area contributed by atoms with Gasteiger partial charge in [0, 0.05) is 26.3 Å². The van der Waals surface area contributed by atoms with Crippen LogP contribution in [0.3, 0.4) is 0 Å². The molecule has 34 heavy (non-hydrogen) atoms. The van der Waals surface area contributed by atoms with E-state index in [-0.39, 0.29) is 11.8 Å². The maximum Gasteiger partial charge on any atom is 0.238 e. The van der Waals surface area contributed by atoms with E-state index in [1.54, 1.807) is 18.3 Å². The number of hydrogen-bond donors (Lipinski definition) is 0. The first kappa shape index (κ1) is 21.8. The Labute approximate surface area is 198 Å². The molecule has 0 saturated heterocycles. The normalized spacial score (nSPS) is 15.1. The Morgan fingerprint density at radius 1 is 1.18 bits per heavy atom. The number of carbonyl (C=O) groups is 1. The molecule has 0 spiro atoms. The van der Waals surface area contributed by atoms with Gasteiger partial charge in [-0.05, 0) is 37.5 Å². The number of imidazole rings is 1. The Morgan fingerprint density at radius 2 is 2.00 bits per heavy atom. The number of aromatic nitrogens is 6. The van der Waals surface area contributed by atoms with Crippen molar-refractivity contribution in [1.82, 2.24) is 34.2 Å². The van der Waals surface area contributed by atoms with Crippen molar-refractivity contribution < 1.29 is 9.53 Å². The fourth-order valence-electron chi connectivity index (χ4n) is 4.35. The molecule has 1 aromatic carbocycles. The lowest BCUT2D eigenvalue weighted by Gasteiger charge is -2.26. The standard InChI is InChI=1S/C25H27N7O2/c1-17-14-31(16-26-17)21-12-11-20(27-24(21)34-3)22-28-23-19(10-7-13-32(23)29-22)25(33)30(2)15-18-8-5-4-6-9-18/h4-6,8-9,11-12,14,16,19H,7,10,13,15H2,1-3H3/t19-/m1/s1. The Hall–Kier alpha value is -4.01. The van der Waals surface area contributed by atoms with Gasteiger partial charge in [-0.25, -0.2) is 19.6 Å². The highest BCUT2D eigenvalue weighted by molar-refractivity contribution is 5.83. The number of fused-ring (bicyclic) bond motifs is 1.